The van der Waals surface area contributed by atoms with Gasteiger partial charge in [-0.1, -0.05) is 6.07 Å². The molecule has 13 heteroatoms. The van der Waals surface area contributed by atoms with E-state index in [1.165, 1.54) is 48.1 Å². The molecule has 2 saturated carbocycles. The van der Waals surface area contributed by atoms with Crippen molar-refractivity contribution in [3.63, 3.8) is 0 Å². The number of carbonyl (C=O) groups is 1. The number of sulfonamides is 1. The number of alkyl halides is 3. The summed E-state index contributed by atoms with van der Waals surface area (Å²) in [5, 5.41) is 13.1. The van der Waals surface area contributed by atoms with Gasteiger partial charge >= 0.3 is 12.2 Å². The van der Waals surface area contributed by atoms with Crippen LogP contribution >= 0.6 is 0 Å². The molecule has 3 aromatic rings. The Morgan fingerprint density at radius 3 is 2.49 bits per heavy atom. The Morgan fingerprint density at radius 2 is 1.88 bits per heavy atom. The van der Waals surface area contributed by atoms with E-state index in [4.69, 9.17) is 9.15 Å². The van der Waals surface area contributed by atoms with Gasteiger partial charge in [0.2, 0.25) is 0 Å². The lowest BCUT2D eigenvalue weighted by atomic mass is 9.61. The Labute approximate surface area is 234 Å². The molecule has 2 N–H and O–H groups in total. The van der Waals surface area contributed by atoms with Crippen LogP contribution in [-0.4, -0.2) is 49.3 Å². The molecule has 1 aromatic heterocycles. The van der Waals surface area contributed by atoms with Crippen LogP contribution in [0.3, 0.4) is 0 Å². The van der Waals surface area contributed by atoms with Crippen LogP contribution in [-0.2, 0) is 15.4 Å². The highest BCUT2D eigenvalue weighted by Crippen LogP contribution is 2.62. The molecule has 1 unspecified atom stereocenters. The number of methoxy groups -OCH3 is 1. The van der Waals surface area contributed by atoms with Gasteiger partial charge in [0.15, 0.2) is 5.60 Å². The predicted molar refractivity (Wildman–Crippen MR) is 141 cm³/mol. The Hall–Kier alpha value is -3.58. The summed E-state index contributed by atoms with van der Waals surface area (Å²) in [6.07, 6.45) is -2.13. The van der Waals surface area contributed by atoms with Crippen LogP contribution < -0.4 is 14.4 Å². The SMILES string of the molecule is COc1cccc(S(=O)(=O)N2c3ccc(C(=O)Nc4ncco4)cc3C3(CCC(O)(C(F)(F)F)CC3)C2C2CC2)c1. The van der Waals surface area contributed by atoms with Crippen molar-refractivity contribution in [1.82, 2.24) is 4.98 Å². The molecule has 2 fully saturated rings. The smallest absolute Gasteiger partial charge is 0.417 e. The van der Waals surface area contributed by atoms with Crippen molar-refractivity contribution in [3.8, 4) is 5.75 Å². The van der Waals surface area contributed by atoms with Crippen molar-refractivity contribution in [1.29, 1.82) is 0 Å². The number of hydrogen-bond acceptors (Lipinski definition) is 7. The molecule has 41 heavy (non-hydrogen) atoms. The summed E-state index contributed by atoms with van der Waals surface area (Å²) in [5.74, 6) is -0.316. The van der Waals surface area contributed by atoms with E-state index in [0.29, 0.717) is 29.8 Å². The zero-order chi connectivity index (χ0) is 29.2. The summed E-state index contributed by atoms with van der Waals surface area (Å²) < 4.78 is 81.8. The van der Waals surface area contributed by atoms with Gasteiger partial charge in [-0.2, -0.15) is 13.2 Å². The van der Waals surface area contributed by atoms with E-state index in [1.807, 2.05) is 0 Å². The van der Waals surface area contributed by atoms with Crippen LogP contribution in [0.4, 0.5) is 24.9 Å². The quantitative estimate of drug-likeness (QED) is 0.413. The lowest BCUT2D eigenvalue weighted by molar-refractivity contribution is -0.273. The minimum Gasteiger partial charge on any atom is -0.497 e. The fraction of sp³-hybridized carbons (Fsp3) is 0.429. The second-order valence-electron chi connectivity index (χ2n) is 11.0. The number of nitrogens with zero attached hydrogens (tertiary/aromatic N) is 2. The lowest BCUT2D eigenvalue weighted by Crippen LogP contribution is -2.56. The number of carbonyl (C=O) groups excluding carboxylic acids is 1. The van der Waals surface area contributed by atoms with Crippen molar-refractivity contribution in [3.05, 3.63) is 66.1 Å². The third kappa shape index (κ3) is 4.45. The first kappa shape index (κ1) is 27.6. The van der Waals surface area contributed by atoms with Crippen LogP contribution in [0.2, 0.25) is 0 Å². The lowest BCUT2D eigenvalue weighted by Gasteiger charge is -2.47. The number of ether oxygens (including phenoxy) is 1. The first-order chi connectivity index (χ1) is 19.4. The van der Waals surface area contributed by atoms with E-state index >= 15 is 0 Å². The van der Waals surface area contributed by atoms with Crippen molar-refractivity contribution in [2.24, 2.45) is 5.92 Å². The number of benzene rings is 2. The van der Waals surface area contributed by atoms with Gasteiger partial charge < -0.3 is 14.3 Å². The molecule has 2 heterocycles. The van der Waals surface area contributed by atoms with Gasteiger partial charge in [0.1, 0.15) is 12.0 Å². The van der Waals surface area contributed by atoms with Gasteiger partial charge in [0, 0.05) is 17.0 Å². The largest absolute Gasteiger partial charge is 0.497 e. The van der Waals surface area contributed by atoms with Crippen LogP contribution in [0.1, 0.15) is 54.4 Å². The van der Waals surface area contributed by atoms with E-state index in [1.54, 1.807) is 18.2 Å². The summed E-state index contributed by atoms with van der Waals surface area (Å²) in [7, 11) is -2.78. The summed E-state index contributed by atoms with van der Waals surface area (Å²) in [6.45, 7) is 0. The van der Waals surface area contributed by atoms with Crippen molar-refractivity contribution in [2.75, 3.05) is 16.7 Å². The molecular weight excluding hydrogens is 563 g/mol. The molecule has 9 nitrogen and oxygen atoms in total. The third-order valence-electron chi connectivity index (χ3n) is 8.67. The first-order valence-electron chi connectivity index (χ1n) is 13.2. The van der Waals surface area contributed by atoms with Crippen molar-refractivity contribution >= 4 is 27.6 Å². The Balaban J connectivity index is 1.49. The van der Waals surface area contributed by atoms with E-state index in [2.05, 4.69) is 10.3 Å². The van der Waals surface area contributed by atoms with Gasteiger partial charge in [-0.15, -0.1) is 0 Å². The van der Waals surface area contributed by atoms with E-state index in [-0.39, 0.29) is 35.2 Å². The predicted octanol–water partition coefficient (Wildman–Crippen LogP) is 5.03. The van der Waals surface area contributed by atoms with Crippen LogP contribution in [0, 0.1) is 5.92 Å². The molecule has 3 aliphatic rings. The molecule has 2 aliphatic carbocycles. The van der Waals surface area contributed by atoms with E-state index in [0.717, 1.165) is 0 Å². The minimum absolute atomic E-state index is 0.0150. The van der Waals surface area contributed by atoms with Crippen LogP contribution in [0.25, 0.3) is 0 Å². The number of fused-ring (bicyclic) bond motifs is 2. The summed E-state index contributed by atoms with van der Waals surface area (Å²) in [6, 6.07) is 9.89. The fourth-order valence-corrected chi connectivity index (χ4v) is 8.26. The maximum Gasteiger partial charge on any atom is 0.417 e. The van der Waals surface area contributed by atoms with Gasteiger partial charge in [0.05, 0.1) is 29.9 Å². The average Bonchev–Trinajstić information content (AvgIpc) is 3.58. The fourth-order valence-electron chi connectivity index (χ4n) is 6.42. The molecule has 2 aromatic carbocycles. The first-order valence-corrected chi connectivity index (χ1v) is 14.7. The molecule has 1 amide bonds. The Kier molecular flexibility index (Phi) is 6.38. The van der Waals surface area contributed by atoms with Crippen molar-refractivity contribution in [2.45, 2.75) is 66.7 Å². The second-order valence-corrected chi connectivity index (χ2v) is 12.8. The van der Waals surface area contributed by atoms with E-state index in [9.17, 15) is 31.5 Å². The highest BCUT2D eigenvalue weighted by molar-refractivity contribution is 7.93. The molecule has 1 aliphatic heterocycles. The Morgan fingerprint density at radius 1 is 1.15 bits per heavy atom. The highest BCUT2D eigenvalue weighted by Gasteiger charge is 2.65. The van der Waals surface area contributed by atoms with Gasteiger partial charge in [-0.25, -0.2) is 13.4 Å². The second kappa shape index (κ2) is 9.48. The zero-order valence-electron chi connectivity index (χ0n) is 22.0. The van der Waals surface area contributed by atoms with Gasteiger partial charge in [0.25, 0.3) is 15.9 Å². The molecule has 1 spiro atoms. The number of amides is 1. The van der Waals surface area contributed by atoms with Gasteiger partial charge in [-0.05, 0) is 80.3 Å². The number of aromatic nitrogens is 1. The number of aliphatic hydroxyl groups is 1. The monoisotopic (exact) mass is 591 g/mol. The average molecular weight is 592 g/mol. The number of hydrogen-bond donors (Lipinski definition) is 2. The summed E-state index contributed by atoms with van der Waals surface area (Å²) in [5.41, 5.74) is -2.95. The zero-order valence-corrected chi connectivity index (χ0v) is 22.8. The Bertz CT molecular complexity index is 1580. The number of oxazole rings is 1. The number of rotatable bonds is 6. The molecule has 0 bridgehead atoms. The summed E-state index contributed by atoms with van der Waals surface area (Å²) >= 11 is 0. The standard InChI is InChI=1S/C28H28F3N3O6S/c1-39-19-3-2-4-20(16-19)41(37,38)34-22-8-7-18(24(35)33-25-32-13-14-40-25)15-21(22)26(23(34)17-5-6-17)9-11-27(36,12-10-26)28(29,30)31/h2-4,7-8,13-17,23,36H,5-6,9-12H2,1H3,(H,32,33,35). The molecule has 0 saturated heterocycles. The summed E-state index contributed by atoms with van der Waals surface area (Å²) in [4.78, 5) is 16.9. The van der Waals surface area contributed by atoms with Gasteiger partial charge in [-0.3, -0.25) is 14.4 Å². The van der Waals surface area contributed by atoms with Crippen molar-refractivity contribution < 1.29 is 40.6 Å². The number of nitrogens with one attached hydrogen (secondary N) is 1. The van der Waals surface area contributed by atoms with Crippen LogP contribution in [0.15, 0.2) is 64.2 Å². The minimum atomic E-state index is -4.82. The maximum atomic E-state index is 14.3. The molecule has 218 valence electrons. The number of anilines is 2. The normalized spacial score (nSPS) is 26.2. The molecule has 6 rings (SSSR count). The number of halogens is 3. The molecule has 0 radical (unpaired) electrons. The van der Waals surface area contributed by atoms with E-state index < -0.39 is 52.0 Å². The molecular formula is C28H28F3N3O6S. The molecule has 1 atom stereocenters. The maximum absolute atomic E-state index is 14.3. The third-order valence-corrected chi connectivity index (χ3v) is 10.5. The van der Waals surface area contributed by atoms with Crippen LogP contribution in [0.5, 0.6) is 5.75 Å². The topological polar surface area (TPSA) is 122 Å². The highest BCUT2D eigenvalue weighted by atomic mass is 32.2.